The minimum atomic E-state index is -0.487. The molecule has 0 heterocycles. The molecule has 0 fully saturated rings. The highest BCUT2D eigenvalue weighted by Gasteiger charge is 2.09. The third-order valence-electron chi connectivity index (χ3n) is 4.27. The van der Waals surface area contributed by atoms with Crippen LogP contribution < -0.4 is 10.1 Å². The summed E-state index contributed by atoms with van der Waals surface area (Å²) in [5.41, 5.74) is 2.03. The molecule has 0 saturated carbocycles. The fourth-order valence-corrected chi connectivity index (χ4v) is 2.92. The Morgan fingerprint density at radius 1 is 0.929 bits per heavy atom. The highest BCUT2D eigenvalue weighted by Crippen LogP contribution is 2.18. The second-order valence-corrected chi connectivity index (χ2v) is 6.48. The lowest BCUT2D eigenvalue weighted by atomic mass is 10.0. The van der Waals surface area contributed by atoms with E-state index in [1.54, 1.807) is 0 Å². The van der Waals surface area contributed by atoms with Crippen molar-refractivity contribution in [2.75, 3.05) is 19.8 Å². The molecule has 5 nitrogen and oxygen atoms in total. The van der Waals surface area contributed by atoms with Gasteiger partial charge < -0.3 is 14.8 Å². The molecule has 3 aromatic rings. The molecule has 0 bridgehead atoms. The Morgan fingerprint density at radius 3 is 2.57 bits per heavy atom. The Kier molecular flexibility index (Phi) is 6.63. The van der Waals surface area contributed by atoms with Crippen molar-refractivity contribution < 1.29 is 19.1 Å². The number of fused-ring (bicyclic) bond motifs is 1. The predicted molar refractivity (Wildman–Crippen MR) is 108 cm³/mol. The quantitative estimate of drug-likeness (QED) is 0.483. The van der Waals surface area contributed by atoms with E-state index in [-0.39, 0.29) is 32.1 Å². The van der Waals surface area contributed by atoms with Crippen LogP contribution in [0.2, 0.25) is 0 Å². The maximum Gasteiger partial charge on any atom is 0.325 e. The zero-order valence-corrected chi connectivity index (χ0v) is 15.8. The molecule has 0 aliphatic rings. The molecule has 0 aliphatic carbocycles. The van der Waals surface area contributed by atoms with Gasteiger partial charge in [0.15, 0.2) is 0 Å². The summed E-state index contributed by atoms with van der Waals surface area (Å²) in [6.45, 7) is 2.22. The van der Waals surface area contributed by atoms with Gasteiger partial charge in [-0.25, -0.2) is 0 Å². The summed E-state index contributed by atoms with van der Waals surface area (Å²) in [6, 6.07) is 21.4. The highest BCUT2D eigenvalue weighted by atomic mass is 16.6. The molecule has 0 spiro atoms. The van der Waals surface area contributed by atoms with Crippen molar-refractivity contribution in [2.45, 2.75) is 13.3 Å². The summed E-state index contributed by atoms with van der Waals surface area (Å²) in [5, 5.41) is 4.73. The van der Waals surface area contributed by atoms with Crippen molar-refractivity contribution >= 4 is 22.6 Å². The Balaban J connectivity index is 1.38. The molecule has 0 unspecified atom stereocenters. The number of esters is 1. The largest absolute Gasteiger partial charge is 0.490 e. The summed E-state index contributed by atoms with van der Waals surface area (Å²) in [4.78, 5) is 23.9. The number of carbonyl (C=O) groups is 2. The van der Waals surface area contributed by atoms with Crippen LogP contribution in [0.3, 0.4) is 0 Å². The standard InChI is InChI=1S/C23H23NO4/c1-17-6-4-10-20(14-17)27-12-13-28-23(26)16-24-22(25)15-19-9-5-8-18-7-2-3-11-21(18)19/h2-11,14H,12-13,15-16H2,1H3,(H,24,25). The molecular formula is C23H23NO4. The summed E-state index contributed by atoms with van der Waals surface area (Å²) in [5.74, 6) is 0.0304. The number of rotatable bonds is 8. The van der Waals surface area contributed by atoms with Crippen LogP contribution >= 0.6 is 0 Å². The average molecular weight is 377 g/mol. The topological polar surface area (TPSA) is 64.6 Å². The second-order valence-electron chi connectivity index (χ2n) is 6.48. The van der Waals surface area contributed by atoms with Crippen molar-refractivity contribution in [3.63, 3.8) is 0 Å². The Hall–Kier alpha value is -3.34. The number of nitrogens with one attached hydrogen (secondary N) is 1. The van der Waals surface area contributed by atoms with E-state index in [0.29, 0.717) is 0 Å². The molecule has 0 radical (unpaired) electrons. The van der Waals surface area contributed by atoms with E-state index >= 15 is 0 Å². The Bertz CT molecular complexity index is 962. The molecule has 0 atom stereocenters. The number of ether oxygens (including phenoxy) is 2. The van der Waals surface area contributed by atoms with Crippen molar-refractivity contribution in [2.24, 2.45) is 0 Å². The monoisotopic (exact) mass is 377 g/mol. The van der Waals surface area contributed by atoms with Crippen LogP contribution in [0.25, 0.3) is 10.8 Å². The minimum Gasteiger partial charge on any atom is -0.490 e. The van der Waals surface area contributed by atoms with Crippen LogP contribution in [0.4, 0.5) is 0 Å². The summed E-state index contributed by atoms with van der Waals surface area (Å²) in [6.07, 6.45) is 0.213. The van der Waals surface area contributed by atoms with Crippen LogP contribution in [0.5, 0.6) is 5.75 Å². The lowest BCUT2D eigenvalue weighted by molar-refractivity contribution is -0.144. The fourth-order valence-electron chi connectivity index (χ4n) is 2.92. The van der Waals surface area contributed by atoms with Crippen molar-refractivity contribution in [1.82, 2.24) is 5.32 Å². The molecule has 28 heavy (non-hydrogen) atoms. The third-order valence-corrected chi connectivity index (χ3v) is 4.27. The van der Waals surface area contributed by atoms with E-state index in [9.17, 15) is 9.59 Å². The number of carbonyl (C=O) groups excluding carboxylic acids is 2. The summed E-state index contributed by atoms with van der Waals surface area (Å²) in [7, 11) is 0. The van der Waals surface area contributed by atoms with Gasteiger partial charge in [0.25, 0.3) is 0 Å². The van der Waals surface area contributed by atoms with Crippen LogP contribution in [0.15, 0.2) is 66.7 Å². The van der Waals surface area contributed by atoms with Gasteiger partial charge in [-0.3, -0.25) is 9.59 Å². The van der Waals surface area contributed by atoms with E-state index in [1.807, 2.05) is 73.7 Å². The van der Waals surface area contributed by atoms with Crippen LogP contribution in [-0.4, -0.2) is 31.6 Å². The van der Waals surface area contributed by atoms with Gasteiger partial charge in [-0.2, -0.15) is 0 Å². The van der Waals surface area contributed by atoms with Crippen LogP contribution in [0.1, 0.15) is 11.1 Å². The second kappa shape index (κ2) is 9.55. The highest BCUT2D eigenvalue weighted by molar-refractivity contribution is 5.91. The summed E-state index contributed by atoms with van der Waals surface area (Å²) >= 11 is 0. The summed E-state index contributed by atoms with van der Waals surface area (Å²) < 4.78 is 10.6. The first-order valence-electron chi connectivity index (χ1n) is 9.20. The molecule has 0 aliphatic heterocycles. The SMILES string of the molecule is Cc1cccc(OCCOC(=O)CNC(=O)Cc2cccc3ccccc23)c1. The molecule has 3 aromatic carbocycles. The third kappa shape index (κ3) is 5.58. The zero-order valence-electron chi connectivity index (χ0n) is 15.8. The number of benzene rings is 3. The fraction of sp³-hybridized carbons (Fsp3) is 0.217. The van der Waals surface area contributed by atoms with Gasteiger partial charge >= 0.3 is 5.97 Å². The van der Waals surface area contributed by atoms with E-state index < -0.39 is 5.97 Å². The van der Waals surface area contributed by atoms with Gasteiger partial charge in [0.1, 0.15) is 25.5 Å². The van der Waals surface area contributed by atoms with Crippen molar-refractivity contribution in [3.8, 4) is 5.75 Å². The molecule has 5 heteroatoms. The number of aryl methyl sites for hydroxylation is 1. The first kappa shape index (κ1) is 19.4. The maximum atomic E-state index is 12.2. The van der Waals surface area contributed by atoms with Crippen molar-refractivity contribution in [1.29, 1.82) is 0 Å². The molecule has 144 valence electrons. The normalized spacial score (nSPS) is 10.5. The lowest BCUT2D eigenvalue weighted by Crippen LogP contribution is -2.32. The van der Waals surface area contributed by atoms with Gasteiger partial charge in [-0.05, 0) is 41.0 Å². The predicted octanol–water partition coefficient (Wildman–Crippen LogP) is 3.43. The molecule has 3 rings (SSSR count). The average Bonchev–Trinajstić information content (AvgIpc) is 2.70. The van der Waals surface area contributed by atoms with Gasteiger partial charge in [-0.1, -0.05) is 54.6 Å². The molecule has 0 aromatic heterocycles. The Labute approximate surface area is 164 Å². The lowest BCUT2D eigenvalue weighted by Gasteiger charge is -2.09. The molecular weight excluding hydrogens is 354 g/mol. The van der Waals surface area contributed by atoms with Crippen LogP contribution in [-0.2, 0) is 20.7 Å². The van der Waals surface area contributed by atoms with E-state index in [2.05, 4.69) is 5.32 Å². The number of hydrogen-bond donors (Lipinski definition) is 1. The van der Waals surface area contributed by atoms with Crippen LogP contribution in [0, 0.1) is 6.92 Å². The first-order valence-corrected chi connectivity index (χ1v) is 9.20. The van der Waals surface area contributed by atoms with Gasteiger partial charge in [0.05, 0.1) is 6.42 Å². The molecule has 1 N–H and O–H groups in total. The smallest absolute Gasteiger partial charge is 0.325 e. The van der Waals surface area contributed by atoms with Gasteiger partial charge in [0.2, 0.25) is 5.91 Å². The van der Waals surface area contributed by atoms with Gasteiger partial charge in [0, 0.05) is 0 Å². The zero-order chi connectivity index (χ0) is 19.8. The Morgan fingerprint density at radius 2 is 1.71 bits per heavy atom. The number of hydrogen-bond acceptors (Lipinski definition) is 4. The molecule has 1 amide bonds. The molecule has 0 saturated heterocycles. The van der Waals surface area contributed by atoms with E-state index in [1.165, 1.54) is 0 Å². The number of amides is 1. The van der Waals surface area contributed by atoms with Gasteiger partial charge in [-0.15, -0.1) is 0 Å². The maximum absolute atomic E-state index is 12.2. The van der Waals surface area contributed by atoms with E-state index in [4.69, 9.17) is 9.47 Å². The van der Waals surface area contributed by atoms with E-state index in [0.717, 1.165) is 27.6 Å². The first-order chi connectivity index (χ1) is 13.6. The minimum absolute atomic E-state index is 0.131. The van der Waals surface area contributed by atoms with Crippen molar-refractivity contribution in [3.05, 3.63) is 77.9 Å².